The Bertz CT molecular complexity index is 355. The first-order valence-corrected chi connectivity index (χ1v) is 6.75. The van der Waals surface area contributed by atoms with Gasteiger partial charge in [-0.05, 0) is 26.0 Å². The molecule has 1 aliphatic carbocycles. The van der Waals surface area contributed by atoms with E-state index in [-0.39, 0.29) is 0 Å². The Morgan fingerprint density at radius 2 is 2.19 bits per heavy atom. The Morgan fingerprint density at radius 1 is 1.44 bits per heavy atom. The van der Waals surface area contributed by atoms with Gasteiger partial charge in [-0.3, -0.25) is 0 Å². The van der Waals surface area contributed by atoms with Crippen molar-refractivity contribution >= 4 is 17.6 Å². The Labute approximate surface area is 100 Å². The first-order valence-electron chi connectivity index (χ1n) is 5.52. The molecule has 0 aromatic carbocycles. The van der Waals surface area contributed by atoms with Crippen molar-refractivity contribution in [3.63, 3.8) is 0 Å². The van der Waals surface area contributed by atoms with Gasteiger partial charge in [-0.1, -0.05) is 0 Å². The zero-order valence-electron chi connectivity index (χ0n) is 9.69. The van der Waals surface area contributed by atoms with Crippen molar-refractivity contribution in [2.45, 2.75) is 24.5 Å². The molecule has 16 heavy (non-hydrogen) atoms. The summed E-state index contributed by atoms with van der Waals surface area (Å²) in [5.41, 5.74) is 0. The number of anilines is 1. The van der Waals surface area contributed by atoms with Crippen LogP contribution in [0.3, 0.4) is 0 Å². The summed E-state index contributed by atoms with van der Waals surface area (Å²) in [6.45, 7) is 3.50. The molecule has 1 fully saturated rings. The van der Waals surface area contributed by atoms with E-state index in [0.29, 0.717) is 17.2 Å². The fourth-order valence-corrected chi connectivity index (χ4v) is 2.25. The van der Waals surface area contributed by atoms with Gasteiger partial charge >= 0.3 is 0 Å². The van der Waals surface area contributed by atoms with Crippen LogP contribution >= 0.6 is 11.8 Å². The van der Waals surface area contributed by atoms with Crippen molar-refractivity contribution < 1.29 is 4.74 Å². The molecule has 0 aliphatic heterocycles. The maximum absolute atomic E-state index is 5.41. The summed E-state index contributed by atoms with van der Waals surface area (Å²) in [5.74, 6) is 1.35. The van der Waals surface area contributed by atoms with Crippen LogP contribution in [0.25, 0.3) is 0 Å². The van der Waals surface area contributed by atoms with Gasteiger partial charge in [0.15, 0.2) is 5.82 Å². The number of hydrogen-bond acceptors (Lipinski definition) is 5. The van der Waals surface area contributed by atoms with Gasteiger partial charge in [-0.15, -0.1) is 0 Å². The van der Waals surface area contributed by atoms with Gasteiger partial charge in [0.1, 0.15) is 0 Å². The lowest BCUT2D eigenvalue weighted by Crippen LogP contribution is -2.18. The zero-order valence-corrected chi connectivity index (χ0v) is 10.5. The van der Waals surface area contributed by atoms with Crippen molar-refractivity contribution in [3.8, 4) is 5.88 Å². The highest BCUT2D eigenvalue weighted by Gasteiger charge is 2.41. The molecule has 0 bridgehead atoms. The van der Waals surface area contributed by atoms with Gasteiger partial charge in [0.05, 0.1) is 6.61 Å². The van der Waals surface area contributed by atoms with E-state index in [1.54, 1.807) is 12.4 Å². The summed E-state index contributed by atoms with van der Waals surface area (Å²) in [6.07, 6.45) is 8.06. The monoisotopic (exact) mass is 239 g/mol. The number of nitrogens with zero attached hydrogens (tertiary/aromatic N) is 2. The number of aromatic nitrogens is 2. The van der Waals surface area contributed by atoms with Gasteiger partial charge in [0.2, 0.25) is 0 Å². The van der Waals surface area contributed by atoms with Crippen LogP contribution < -0.4 is 10.1 Å². The fourth-order valence-electron chi connectivity index (χ4n) is 1.53. The maximum atomic E-state index is 5.41. The normalized spacial score (nSPS) is 16.9. The van der Waals surface area contributed by atoms with E-state index in [4.69, 9.17) is 4.74 Å². The van der Waals surface area contributed by atoms with Gasteiger partial charge in [-0.2, -0.15) is 11.8 Å². The zero-order chi connectivity index (χ0) is 11.4. The SMILES string of the molecule is CCOc1nccnc1NCC1(SC)CC1. The second kappa shape index (κ2) is 4.91. The largest absolute Gasteiger partial charge is 0.475 e. The summed E-state index contributed by atoms with van der Waals surface area (Å²) >= 11 is 1.93. The molecule has 88 valence electrons. The van der Waals surface area contributed by atoms with Crippen LogP contribution in [0.4, 0.5) is 5.82 Å². The highest BCUT2D eigenvalue weighted by molar-refractivity contribution is 8.00. The number of ether oxygens (including phenoxy) is 1. The van der Waals surface area contributed by atoms with Crippen LogP contribution in [0.5, 0.6) is 5.88 Å². The Balaban J connectivity index is 1.97. The molecule has 0 atom stereocenters. The quantitative estimate of drug-likeness (QED) is 0.824. The van der Waals surface area contributed by atoms with E-state index in [1.807, 2.05) is 18.7 Å². The molecule has 1 saturated carbocycles. The average Bonchev–Trinajstić information content (AvgIpc) is 3.09. The fraction of sp³-hybridized carbons (Fsp3) is 0.636. The molecule has 1 aromatic heterocycles. The number of hydrogen-bond donors (Lipinski definition) is 1. The van der Waals surface area contributed by atoms with Gasteiger partial charge < -0.3 is 10.1 Å². The molecule has 0 amide bonds. The minimum atomic E-state index is 0.418. The maximum Gasteiger partial charge on any atom is 0.257 e. The van der Waals surface area contributed by atoms with E-state index in [1.165, 1.54) is 12.8 Å². The Hall–Kier alpha value is -0.970. The highest BCUT2D eigenvalue weighted by Crippen LogP contribution is 2.47. The van der Waals surface area contributed by atoms with Gasteiger partial charge in [0.25, 0.3) is 5.88 Å². The van der Waals surface area contributed by atoms with Crippen molar-refractivity contribution in [2.24, 2.45) is 0 Å². The third-order valence-corrected chi connectivity index (χ3v) is 4.18. The van der Waals surface area contributed by atoms with E-state index < -0.39 is 0 Å². The van der Waals surface area contributed by atoms with E-state index in [0.717, 1.165) is 12.4 Å². The Morgan fingerprint density at radius 3 is 2.81 bits per heavy atom. The molecule has 1 aliphatic rings. The first kappa shape index (κ1) is 11.5. The summed E-state index contributed by atoms with van der Waals surface area (Å²) in [7, 11) is 0. The van der Waals surface area contributed by atoms with E-state index >= 15 is 0 Å². The standard InChI is InChI=1S/C11H17N3OS/c1-3-15-10-9(12-6-7-13-10)14-8-11(16-2)4-5-11/h6-7H,3-5,8H2,1-2H3,(H,12,14). The van der Waals surface area contributed by atoms with Gasteiger partial charge in [-0.25, -0.2) is 9.97 Å². The van der Waals surface area contributed by atoms with Crippen molar-refractivity contribution in [1.82, 2.24) is 9.97 Å². The van der Waals surface area contributed by atoms with E-state index in [9.17, 15) is 0 Å². The molecule has 5 heteroatoms. The van der Waals surface area contributed by atoms with Crippen molar-refractivity contribution in [2.75, 3.05) is 24.7 Å². The Kier molecular flexibility index (Phi) is 3.53. The van der Waals surface area contributed by atoms with Crippen LogP contribution in [0.15, 0.2) is 12.4 Å². The predicted octanol–water partition coefficient (Wildman–Crippen LogP) is 2.18. The van der Waals surface area contributed by atoms with Crippen molar-refractivity contribution in [3.05, 3.63) is 12.4 Å². The lowest BCUT2D eigenvalue weighted by Gasteiger charge is -2.14. The lowest BCUT2D eigenvalue weighted by molar-refractivity contribution is 0.327. The molecule has 4 nitrogen and oxygen atoms in total. The van der Waals surface area contributed by atoms with Crippen molar-refractivity contribution in [1.29, 1.82) is 0 Å². The number of thioether (sulfide) groups is 1. The predicted molar refractivity (Wildman–Crippen MR) is 67.2 cm³/mol. The molecule has 0 saturated heterocycles. The molecular weight excluding hydrogens is 222 g/mol. The molecule has 2 rings (SSSR count). The van der Waals surface area contributed by atoms with Crippen LogP contribution in [0.2, 0.25) is 0 Å². The van der Waals surface area contributed by atoms with Crippen LogP contribution in [-0.4, -0.2) is 34.1 Å². The van der Waals surface area contributed by atoms with Crippen LogP contribution in [0, 0.1) is 0 Å². The van der Waals surface area contributed by atoms with Crippen LogP contribution in [-0.2, 0) is 0 Å². The highest BCUT2D eigenvalue weighted by atomic mass is 32.2. The minimum absolute atomic E-state index is 0.418. The third kappa shape index (κ3) is 2.58. The number of nitrogens with one attached hydrogen (secondary N) is 1. The first-order chi connectivity index (χ1) is 7.79. The molecule has 1 aromatic rings. The summed E-state index contributed by atoms with van der Waals surface area (Å²) in [4.78, 5) is 8.42. The van der Waals surface area contributed by atoms with Crippen LogP contribution in [0.1, 0.15) is 19.8 Å². The molecule has 1 heterocycles. The topological polar surface area (TPSA) is 47.0 Å². The number of rotatable bonds is 6. The summed E-state index contributed by atoms with van der Waals surface area (Å²) in [5, 5.41) is 3.33. The molecule has 0 radical (unpaired) electrons. The lowest BCUT2D eigenvalue weighted by atomic mass is 10.4. The molecule has 0 spiro atoms. The summed E-state index contributed by atoms with van der Waals surface area (Å²) < 4.78 is 5.83. The van der Waals surface area contributed by atoms with Gasteiger partial charge in [0, 0.05) is 23.7 Å². The third-order valence-electron chi connectivity index (χ3n) is 2.76. The molecular formula is C11H17N3OS. The molecule has 0 unspecified atom stereocenters. The second-order valence-electron chi connectivity index (χ2n) is 3.88. The summed E-state index contributed by atoms with van der Waals surface area (Å²) in [6, 6.07) is 0. The minimum Gasteiger partial charge on any atom is -0.475 e. The average molecular weight is 239 g/mol. The smallest absolute Gasteiger partial charge is 0.257 e. The molecule has 1 N–H and O–H groups in total. The van der Waals surface area contributed by atoms with E-state index in [2.05, 4.69) is 21.5 Å². The second-order valence-corrected chi connectivity index (χ2v) is 5.16.